The molecule has 2 aromatic rings. The first-order valence-electron chi connectivity index (χ1n) is 11.8. The fourth-order valence-electron chi connectivity index (χ4n) is 4.14. The fourth-order valence-corrected chi connectivity index (χ4v) is 4.14. The molecule has 0 aromatic carbocycles. The molecule has 3 heterocycles. The Kier molecular flexibility index (Phi) is 9.28. The van der Waals surface area contributed by atoms with Gasteiger partial charge in [-0.25, -0.2) is 19.3 Å². The van der Waals surface area contributed by atoms with E-state index in [1.165, 1.54) is 17.8 Å². The van der Waals surface area contributed by atoms with Crippen molar-refractivity contribution in [1.29, 1.82) is 5.26 Å². The van der Waals surface area contributed by atoms with Crippen molar-refractivity contribution in [3.63, 3.8) is 0 Å². The summed E-state index contributed by atoms with van der Waals surface area (Å²) in [6.45, 7) is 1.18. The number of amides is 2. The van der Waals surface area contributed by atoms with Crippen LogP contribution in [0.5, 0.6) is 0 Å². The number of anilines is 1. The summed E-state index contributed by atoms with van der Waals surface area (Å²) in [4.78, 5) is 59.1. The molecular formula is C23H26F3N7O6. The summed E-state index contributed by atoms with van der Waals surface area (Å²) >= 11 is 0. The number of hydrogen-bond donors (Lipinski definition) is 1. The number of ether oxygens (including phenoxy) is 2. The third-order valence-corrected chi connectivity index (χ3v) is 6.21. The molecule has 1 N–H and O–H groups in total. The van der Waals surface area contributed by atoms with Gasteiger partial charge in [-0.05, 0) is 18.4 Å². The lowest BCUT2D eigenvalue weighted by Crippen LogP contribution is -2.52. The summed E-state index contributed by atoms with van der Waals surface area (Å²) in [7, 11) is 1.82. The quantitative estimate of drug-likeness (QED) is 0.372. The lowest BCUT2D eigenvalue weighted by Gasteiger charge is -2.42. The van der Waals surface area contributed by atoms with Gasteiger partial charge in [-0.2, -0.15) is 18.4 Å². The third-order valence-electron chi connectivity index (χ3n) is 6.21. The zero-order chi connectivity index (χ0) is 28.7. The predicted molar refractivity (Wildman–Crippen MR) is 127 cm³/mol. The highest BCUT2D eigenvalue weighted by molar-refractivity contribution is 5.93. The van der Waals surface area contributed by atoms with Crippen LogP contribution in [0.15, 0.2) is 18.6 Å². The van der Waals surface area contributed by atoms with Crippen LogP contribution in [-0.4, -0.2) is 95.4 Å². The normalized spacial score (nSPS) is 17.3. The lowest BCUT2D eigenvalue weighted by atomic mass is 9.92. The van der Waals surface area contributed by atoms with E-state index in [2.05, 4.69) is 21.6 Å². The SMILES string of the molecule is C[C@@H]1CCN(C(=O)CC#N)C[C@@H]1N(C)c1ncnc2c1ccn2C(=O)OCCOC(=O)CNC(=O)C(F)(F)F. The largest absolute Gasteiger partial charge is 0.471 e. The molecule has 1 saturated heterocycles. The van der Waals surface area contributed by atoms with Crippen LogP contribution in [0.25, 0.3) is 11.0 Å². The Morgan fingerprint density at radius 2 is 1.95 bits per heavy atom. The first kappa shape index (κ1) is 29.1. The van der Waals surface area contributed by atoms with Crippen LogP contribution in [0.1, 0.15) is 19.8 Å². The number of hydrogen-bond acceptors (Lipinski definition) is 10. The maximum Gasteiger partial charge on any atom is 0.471 e. The number of likely N-dealkylation sites (tertiary alicyclic amines) is 1. The van der Waals surface area contributed by atoms with E-state index in [0.29, 0.717) is 24.3 Å². The van der Waals surface area contributed by atoms with Crippen LogP contribution in [0.4, 0.5) is 23.8 Å². The van der Waals surface area contributed by atoms with E-state index < -0.39 is 43.9 Å². The Balaban J connectivity index is 1.60. The van der Waals surface area contributed by atoms with Gasteiger partial charge in [0.05, 0.1) is 17.5 Å². The van der Waals surface area contributed by atoms with Crippen LogP contribution in [0, 0.1) is 17.2 Å². The van der Waals surface area contributed by atoms with E-state index in [1.54, 1.807) is 11.0 Å². The van der Waals surface area contributed by atoms with E-state index in [9.17, 15) is 32.3 Å². The number of piperidine rings is 1. The molecule has 3 rings (SSSR count). The van der Waals surface area contributed by atoms with Gasteiger partial charge in [0, 0.05) is 26.3 Å². The number of carbonyl (C=O) groups excluding carboxylic acids is 4. The molecule has 1 aliphatic rings. The maximum absolute atomic E-state index is 12.6. The lowest BCUT2D eigenvalue weighted by molar-refractivity contribution is -0.174. The number of fused-ring (bicyclic) bond motifs is 1. The number of rotatable bonds is 8. The van der Waals surface area contributed by atoms with Gasteiger partial charge in [0.2, 0.25) is 5.91 Å². The molecule has 2 atom stereocenters. The molecule has 0 unspecified atom stereocenters. The van der Waals surface area contributed by atoms with Gasteiger partial charge in [-0.1, -0.05) is 6.92 Å². The van der Waals surface area contributed by atoms with Gasteiger partial charge >= 0.3 is 24.1 Å². The number of likely N-dealkylation sites (N-methyl/N-ethyl adjacent to an activating group) is 1. The van der Waals surface area contributed by atoms with Crippen molar-refractivity contribution in [2.24, 2.45) is 5.92 Å². The predicted octanol–water partition coefficient (Wildman–Crippen LogP) is 1.22. The fraction of sp³-hybridized carbons (Fsp3) is 0.522. The second-order valence-corrected chi connectivity index (χ2v) is 8.75. The number of halogens is 3. The highest BCUT2D eigenvalue weighted by Gasteiger charge is 2.38. The number of nitrogens with one attached hydrogen (secondary N) is 1. The first-order valence-corrected chi connectivity index (χ1v) is 11.8. The van der Waals surface area contributed by atoms with Crippen molar-refractivity contribution in [3.8, 4) is 6.07 Å². The molecule has 2 amide bonds. The highest BCUT2D eigenvalue weighted by atomic mass is 19.4. The average Bonchev–Trinajstić information content (AvgIpc) is 3.33. The summed E-state index contributed by atoms with van der Waals surface area (Å²) in [5, 5.41) is 10.8. The van der Waals surface area contributed by atoms with Gasteiger partial charge in [0.25, 0.3) is 0 Å². The Labute approximate surface area is 220 Å². The summed E-state index contributed by atoms with van der Waals surface area (Å²) in [6, 6.07) is 3.40. The number of aromatic nitrogens is 3. The van der Waals surface area contributed by atoms with Gasteiger partial charge < -0.3 is 24.6 Å². The molecule has 0 saturated carbocycles. The molecule has 39 heavy (non-hydrogen) atoms. The number of carbonyl (C=O) groups is 4. The van der Waals surface area contributed by atoms with E-state index in [0.717, 1.165) is 11.0 Å². The number of alkyl halides is 3. The van der Waals surface area contributed by atoms with Gasteiger partial charge in [-0.15, -0.1) is 0 Å². The molecule has 2 aromatic heterocycles. The molecule has 1 aliphatic heterocycles. The summed E-state index contributed by atoms with van der Waals surface area (Å²) in [6.07, 6.45) is -2.72. The number of nitrogens with zero attached hydrogens (tertiary/aromatic N) is 6. The minimum absolute atomic E-state index is 0.106. The molecule has 0 radical (unpaired) electrons. The molecule has 0 aliphatic carbocycles. The summed E-state index contributed by atoms with van der Waals surface area (Å²) in [5.41, 5.74) is 0.240. The van der Waals surface area contributed by atoms with Gasteiger partial charge in [-0.3, -0.25) is 14.4 Å². The zero-order valence-electron chi connectivity index (χ0n) is 21.1. The summed E-state index contributed by atoms with van der Waals surface area (Å²) < 4.78 is 47.2. The Hall–Kier alpha value is -4.42. The maximum atomic E-state index is 12.6. The van der Waals surface area contributed by atoms with Crippen LogP contribution < -0.4 is 10.2 Å². The number of esters is 1. The molecule has 16 heteroatoms. The van der Waals surface area contributed by atoms with Crippen molar-refractivity contribution < 1.29 is 41.8 Å². The van der Waals surface area contributed by atoms with Crippen LogP contribution in [0.3, 0.4) is 0 Å². The molecule has 13 nitrogen and oxygen atoms in total. The Morgan fingerprint density at radius 1 is 1.23 bits per heavy atom. The summed E-state index contributed by atoms with van der Waals surface area (Å²) in [5.74, 6) is -2.92. The standard InChI is InChI=1S/C23H26F3N7O6/c1-14-4-7-32(17(34)3-6-27)12-16(14)31(2)19-15-5-8-33(20(15)30-13-29-19)22(37)39-10-9-38-18(35)11-28-21(36)23(24,25)26/h5,8,13-14,16H,3-4,7,9-12H2,1-2H3,(H,28,36)/t14-,16+/m1/s1. The Morgan fingerprint density at radius 3 is 2.64 bits per heavy atom. The highest BCUT2D eigenvalue weighted by Crippen LogP contribution is 2.29. The first-order chi connectivity index (χ1) is 18.4. The van der Waals surface area contributed by atoms with Crippen molar-refractivity contribution in [1.82, 2.24) is 24.8 Å². The van der Waals surface area contributed by atoms with E-state index >= 15 is 0 Å². The van der Waals surface area contributed by atoms with Gasteiger partial charge in [0.15, 0.2) is 5.65 Å². The minimum Gasteiger partial charge on any atom is -0.461 e. The van der Waals surface area contributed by atoms with Gasteiger partial charge in [0.1, 0.15) is 38.3 Å². The van der Waals surface area contributed by atoms with E-state index in [1.807, 2.05) is 18.0 Å². The Bertz CT molecular complexity index is 1280. The van der Waals surface area contributed by atoms with Crippen molar-refractivity contribution in [3.05, 3.63) is 18.6 Å². The molecule has 0 spiro atoms. The molecule has 0 bridgehead atoms. The molecular weight excluding hydrogens is 527 g/mol. The number of nitriles is 1. The van der Waals surface area contributed by atoms with Crippen LogP contribution in [0.2, 0.25) is 0 Å². The van der Waals surface area contributed by atoms with E-state index in [4.69, 9.17) is 10.00 Å². The van der Waals surface area contributed by atoms with Crippen molar-refractivity contribution >= 4 is 40.7 Å². The van der Waals surface area contributed by atoms with Crippen LogP contribution >= 0.6 is 0 Å². The average molecular weight is 553 g/mol. The molecule has 1 fully saturated rings. The third kappa shape index (κ3) is 7.12. The van der Waals surface area contributed by atoms with E-state index in [-0.39, 0.29) is 29.9 Å². The topological polar surface area (TPSA) is 160 Å². The second-order valence-electron chi connectivity index (χ2n) is 8.75. The van der Waals surface area contributed by atoms with Crippen LogP contribution in [-0.2, 0) is 23.9 Å². The minimum atomic E-state index is -5.13. The van der Waals surface area contributed by atoms with Crippen molar-refractivity contribution in [2.75, 3.05) is 44.8 Å². The van der Waals surface area contributed by atoms with Crippen molar-refractivity contribution in [2.45, 2.75) is 32.0 Å². The molecule has 210 valence electrons. The zero-order valence-corrected chi connectivity index (χ0v) is 21.1. The second kappa shape index (κ2) is 12.4. The smallest absolute Gasteiger partial charge is 0.461 e. The monoisotopic (exact) mass is 553 g/mol.